The van der Waals surface area contributed by atoms with Gasteiger partial charge in [0.25, 0.3) is 22.0 Å². The summed E-state index contributed by atoms with van der Waals surface area (Å²) in [6.45, 7) is 52.4. The Balaban J connectivity index is 0.000000841. The molecular weight excluding hydrogens is 1810 g/mol. The number of nitrogens with zero attached hydrogens (tertiary/aromatic N) is 2. The van der Waals surface area contributed by atoms with Crippen LogP contribution in [0.1, 0.15) is 296 Å². The van der Waals surface area contributed by atoms with Gasteiger partial charge in [-0.25, -0.2) is 34.1 Å². The number of rotatable bonds is 22. The van der Waals surface area contributed by atoms with Crippen molar-refractivity contribution in [3.8, 4) is 11.5 Å². The number of aliphatic carboxylic acids is 1. The van der Waals surface area contributed by atoms with Crippen LogP contribution < -0.4 is 0 Å². The van der Waals surface area contributed by atoms with Gasteiger partial charge in [-0.1, -0.05) is 109 Å². The zero-order chi connectivity index (χ0) is 107. The first kappa shape index (κ1) is 126. The smallest absolute Gasteiger partial charge is 0.342 e. The molecule has 0 aliphatic carbocycles. The molecule has 4 N–H and O–H groups in total. The molecule has 0 saturated carbocycles. The van der Waals surface area contributed by atoms with E-state index in [0.29, 0.717) is 84.6 Å². The molecule has 0 radical (unpaired) electrons. The van der Waals surface area contributed by atoms with E-state index in [9.17, 15) is 66.6 Å². The average Bonchev–Trinajstić information content (AvgIpc) is 0.795. The van der Waals surface area contributed by atoms with Gasteiger partial charge in [-0.15, -0.1) is 26.3 Å². The van der Waals surface area contributed by atoms with E-state index in [4.69, 9.17) is 43.0 Å². The Kier molecular flexibility index (Phi) is 59.4. The van der Waals surface area contributed by atoms with Gasteiger partial charge in [0.2, 0.25) is 5.91 Å². The Bertz CT molecular complexity index is 5350. The molecule has 6 atom stereocenters. The number of carbonyl (C=O) groups excluding carboxylic acids is 10. The Hall–Kier alpha value is -12.6. The number of carbonyl (C=O) groups is 11. The van der Waals surface area contributed by atoms with Crippen molar-refractivity contribution in [2.75, 3.05) is 34.6 Å². The summed E-state index contributed by atoms with van der Waals surface area (Å²) in [7, 11) is 2.48. The number of hydroxylamine groups is 4. The molecule has 0 aromatic heterocycles. The second-order valence-corrected chi connectivity index (χ2v) is 36.8. The van der Waals surface area contributed by atoms with Gasteiger partial charge in [-0.3, -0.25) is 43.0 Å². The lowest BCUT2D eigenvalue weighted by molar-refractivity contribution is -0.169. The molecule has 27 heteroatoms. The SMILES string of the molecule is C=CCC/C=C/C(=O)Cc1c(C)c(C)cc(C)c1C(=O)O[C@H](C)CC=C.C=CCC/C=C/C(=O)N(C)OC.C=CC[C@@H](C)OC(=O)c1c(C)cc(C)c(C)c1C.CC(=O)O.CON(C)C(=O)CC1CC/C=C/C[C@@H](C)OC(=O)c2c(C)cc(C)c(C)c2C1.CS(=O)(=O)O.Cc1c(O)cc(O)c2c1CC(=O)/C=C/CC/C=C/C[C@@H](C)OC2=O.Cc1cc(C)c2c(c1C)CC(=O)/C=C/CC/C=C/C[C@@H](C)OC2=O. The van der Waals surface area contributed by atoms with Crippen LogP contribution in [-0.2, 0) is 97.9 Å². The van der Waals surface area contributed by atoms with Crippen LogP contribution in [0.25, 0.3) is 0 Å². The molecule has 0 bridgehead atoms. The van der Waals surface area contributed by atoms with Crippen LogP contribution in [0.4, 0.5) is 0 Å². The molecule has 141 heavy (non-hydrogen) atoms. The van der Waals surface area contributed by atoms with Crippen LogP contribution in [0.3, 0.4) is 0 Å². The van der Waals surface area contributed by atoms with Gasteiger partial charge in [-0.05, 0) is 326 Å². The Morgan fingerprint density at radius 3 is 1.29 bits per heavy atom. The Morgan fingerprint density at radius 2 is 0.851 bits per heavy atom. The molecule has 3 aliphatic rings. The molecule has 0 saturated heterocycles. The number of hydrogen-bond donors (Lipinski definition) is 4. The molecule has 0 spiro atoms. The van der Waals surface area contributed by atoms with E-state index in [1.807, 2.05) is 164 Å². The third-order valence-electron chi connectivity index (χ3n) is 23.2. The minimum Gasteiger partial charge on any atom is -0.508 e. The first-order valence-electron chi connectivity index (χ1n) is 47.5. The number of ketones is 3. The number of carboxylic acids is 1. The molecule has 2 amide bonds. The number of allylic oxidation sites excluding steroid dienone is 12. The van der Waals surface area contributed by atoms with Crippen molar-refractivity contribution >= 4 is 75.1 Å². The minimum absolute atomic E-state index is 0.0182. The summed E-state index contributed by atoms with van der Waals surface area (Å²) in [6.07, 6.45) is 45.6. The standard InChI is InChI=1S/C23H33NO4.C23H30O3.C21H26O3.C19H22O5.C16H22O2.C9H15NO2.C2H4O2.CH4O3S/c1-15-12-16(2)22-20(18(15)4)13-19(14-21(25)24(5)27-6)11-9-7-8-10-17(3)28-23(22)26;1-7-9-10-11-13-20(24)15-21-19(6)16(3)14-17(4)22(21)23(25)26-18(5)12-8-2;1-14-12-15(2)20-19(17(14)4)13-18(22)11-9-7-5-6-8-10-16(3)24-21(20)23;1-12-8-6-4-3-5-7-9-14(20)10-15-13(2)16(21)11-17(22)18(15)19(23)24-12;1-7-8-12(4)18-16(17)15-11(3)9-10(2)13(5)14(15)6;1-4-5-6-7-8-9(11)10(2)12-3;1-2(3)4;1-5(2,3)4/h7-8,12,17,19H,9-11,13-14H2,1-6H3;7-8,11,13-14,18H,1-2,9-10,12,15H2,3-6H3;6,8-9,11-12,16H,5,7,10,13H2,1-4H3;4,6-7,9,11-12,21-22H,3,5,8,10H2,1-2H3;7,9,12H,1,8H2,2-6H3;4,7-8H,1,5-6H2,2-3H3;1H3,(H,3,4);1H3,(H,2,3,4)/b8-7+;13-11+;8-6+,11-9+;6-4+,9-7+;;8-7+;;/t17-,19?;18-;16-;2*12-;;;/m11111.../s1. The fourth-order valence-electron chi connectivity index (χ4n) is 15.0. The predicted octanol–water partition coefficient (Wildman–Crippen LogP) is 22.9. The van der Waals surface area contributed by atoms with E-state index >= 15 is 0 Å². The minimum atomic E-state index is -3.67. The summed E-state index contributed by atoms with van der Waals surface area (Å²) in [5.74, 6) is -3.56. The lowest BCUT2D eigenvalue weighted by Gasteiger charge is -2.24. The van der Waals surface area contributed by atoms with E-state index in [0.717, 1.165) is 161 Å². The topological polar surface area (TPSA) is 374 Å². The average molecular weight is 1970 g/mol. The van der Waals surface area contributed by atoms with E-state index < -0.39 is 22.1 Å². The van der Waals surface area contributed by atoms with Gasteiger partial charge in [0.15, 0.2) is 17.3 Å². The largest absolute Gasteiger partial charge is 0.508 e. The number of carboxylic acid groups (broad SMARTS) is 1. The molecule has 3 aliphatic heterocycles. The van der Waals surface area contributed by atoms with Gasteiger partial charge in [-0.2, -0.15) is 8.42 Å². The summed E-state index contributed by atoms with van der Waals surface area (Å²) in [5.41, 5.74) is 19.0. The number of aryl methyl sites for hydroxylation is 8. The number of hydrogen-bond acceptors (Lipinski definition) is 22. The van der Waals surface area contributed by atoms with Crippen molar-refractivity contribution in [3.63, 3.8) is 0 Å². The molecule has 3 heterocycles. The number of phenolic OH excluding ortho intramolecular Hbond substituents is 2. The maximum atomic E-state index is 13.0. The number of ether oxygens (including phenoxy) is 5. The normalized spacial score (nSPS) is 17.1. The highest BCUT2D eigenvalue weighted by molar-refractivity contribution is 7.85. The number of cyclic esters (lactones) is 3. The Morgan fingerprint density at radius 1 is 0.475 bits per heavy atom. The number of aromatic hydroxyl groups is 2. The summed E-state index contributed by atoms with van der Waals surface area (Å²) in [4.78, 5) is 142. The zero-order valence-corrected chi connectivity index (χ0v) is 88.8. The first-order chi connectivity index (χ1) is 66.2. The fraction of sp³-hybridized carbons (Fsp3) is 0.447. The quantitative estimate of drug-likeness (QED) is 0.00951. The van der Waals surface area contributed by atoms with Crippen molar-refractivity contribution in [1.82, 2.24) is 10.1 Å². The second-order valence-electron chi connectivity index (χ2n) is 35.4. The van der Waals surface area contributed by atoms with E-state index in [-0.39, 0.29) is 126 Å². The van der Waals surface area contributed by atoms with Gasteiger partial charge in [0.1, 0.15) is 47.6 Å². The molecule has 772 valence electrons. The van der Waals surface area contributed by atoms with Crippen molar-refractivity contribution < 1.29 is 114 Å². The lowest BCUT2D eigenvalue weighted by Crippen LogP contribution is -2.28. The van der Waals surface area contributed by atoms with Gasteiger partial charge in [0.05, 0.1) is 42.7 Å². The van der Waals surface area contributed by atoms with Gasteiger partial charge >= 0.3 is 29.8 Å². The summed E-state index contributed by atoms with van der Waals surface area (Å²) in [5, 5.41) is 29.9. The summed E-state index contributed by atoms with van der Waals surface area (Å²) in [6, 6.07) is 9.15. The number of benzene rings is 5. The molecular formula is C114H156N2O24S. The maximum Gasteiger partial charge on any atom is 0.342 e. The van der Waals surface area contributed by atoms with Crippen LogP contribution >= 0.6 is 0 Å². The second kappa shape index (κ2) is 66.2. The fourth-order valence-corrected chi connectivity index (χ4v) is 15.0. The van der Waals surface area contributed by atoms with Crippen molar-refractivity contribution in [3.05, 3.63) is 294 Å². The van der Waals surface area contributed by atoms with Crippen LogP contribution in [0.5, 0.6) is 11.5 Å². The van der Waals surface area contributed by atoms with Crippen molar-refractivity contribution in [1.29, 1.82) is 0 Å². The van der Waals surface area contributed by atoms with Crippen LogP contribution in [0.2, 0.25) is 0 Å². The van der Waals surface area contributed by atoms with Crippen LogP contribution in [-0.4, -0.2) is 168 Å². The monoisotopic (exact) mass is 1970 g/mol. The van der Waals surface area contributed by atoms with Crippen molar-refractivity contribution in [2.24, 2.45) is 5.92 Å². The van der Waals surface area contributed by atoms with E-state index in [2.05, 4.69) is 70.2 Å². The van der Waals surface area contributed by atoms with E-state index in [1.165, 1.54) is 42.1 Å². The lowest BCUT2D eigenvalue weighted by atomic mass is 9.84. The third-order valence-corrected chi connectivity index (χ3v) is 23.2. The maximum absolute atomic E-state index is 13.0. The molecule has 5 aromatic rings. The molecule has 8 rings (SSSR count). The number of phenols is 2. The molecule has 0 fully saturated rings. The number of amides is 2. The van der Waals surface area contributed by atoms with Gasteiger partial charge < -0.3 is 39.0 Å². The highest BCUT2D eigenvalue weighted by Crippen LogP contribution is 2.36. The van der Waals surface area contributed by atoms with Crippen LogP contribution in [0.15, 0.2) is 166 Å². The molecule has 26 nitrogen and oxygen atoms in total. The number of fused-ring (bicyclic) bond motifs is 3. The van der Waals surface area contributed by atoms with Crippen molar-refractivity contribution in [2.45, 2.75) is 297 Å². The highest BCUT2D eigenvalue weighted by Gasteiger charge is 2.30. The number of esters is 5. The number of likely N-dealkylation sites (N-methyl/N-ethyl adjacent to an activating group) is 1. The molecule has 1 unspecified atom stereocenters. The first-order valence-corrected chi connectivity index (χ1v) is 49.4. The third kappa shape index (κ3) is 47.5. The molecule has 5 aromatic carbocycles. The predicted molar refractivity (Wildman–Crippen MR) is 559 cm³/mol. The highest BCUT2D eigenvalue weighted by atomic mass is 32.2. The van der Waals surface area contributed by atoms with Crippen LogP contribution in [0, 0.1) is 103 Å². The van der Waals surface area contributed by atoms with E-state index in [1.54, 1.807) is 64.4 Å². The summed E-state index contributed by atoms with van der Waals surface area (Å²) >= 11 is 0. The Labute approximate surface area is 838 Å². The summed E-state index contributed by atoms with van der Waals surface area (Å²) < 4.78 is 53.5. The zero-order valence-electron chi connectivity index (χ0n) is 88.0. The van der Waals surface area contributed by atoms with Gasteiger partial charge in [0, 0.05) is 90.9 Å². The number of unbranched alkanes of at least 4 members (excludes halogenated alkanes) is 2.